The van der Waals surface area contributed by atoms with E-state index >= 15 is 0 Å². The van der Waals surface area contributed by atoms with E-state index < -0.39 is 0 Å². The molecule has 1 aromatic rings. The molecule has 2 amide bonds. The van der Waals surface area contributed by atoms with E-state index in [0.717, 1.165) is 13.0 Å². The Balaban J connectivity index is 2.00. The molecule has 0 spiro atoms. The smallest absolute Gasteiger partial charge is 0.319 e. The van der Waals surface area contributed by atoms with E-state index in [0.29, 0.717) is 13.1 Å². The van der Waals surface area contributed by atoms with Crippen LogP contribution in [0.3, 0.4) is 0 Å². The topological polar surface area (TPSA) is 49.6 Å². The lowest BCUT2D eigenvalue weighted by Crippen LogP contribution is -2.51. The standard InChI is InChI=1S/C9H13N3OS/c10-12-4-1-3-11(9(12)13)6-8-2-5-14-7-8/h2,5,7H,1,3-4,6,10H2. The zero-order chi connectivity index (χ0) is 9.97. The molecule has 1 aliphatic rings. The summed E-state index contributed by atoms with van der Waals surface area (Å²) >= 11 is 1.65. The van der Waals surface area contributed by atoms with Crippen LogP contribution in [0.4, 0.5) is 4.79 Å². The average Bonchev–Trinajstić information content (AvgIpc) is 2.66. The summed E-state index contributed by atoms with van der Waals surface area (Å²) in [6, 6.07) is 1.97. The van der Waals surface area contributed by atoms with Crippen LogP contribution in [-0.4, -0.2) is 29.0 Å². The highest BCUT2D eigenvalue weighted by Crippen LogP contribution is 2.13. The number of amides is 2. The Morgan fingerprint density at radius 2 is 2.36 bits per heavy atom. The van der Waals surface area contributed by atoms with Crippen molar-refractivity contribution in [2.75, 3.05) is 13.1 Å². The summed E-state index contributed by atoms with van der Waals surface area (Å²) in [6.07, 6.45) is 0.951. The van der Waals surface area contributed by atoms with Gasteiger partial charge in [0.25, 0.3) is 0 Å². The fraction of sp³-hybridized carbons (Fsp3) is 0.444. The molecule has 0 unspecified atom stereocenters. The lowest BCUT2D eigenvalue weighted by molar-refractivity contribution is 0.127. The molecule has 1 saturated heterocycles. The summed E-state index contributed by atoms with van der Waals surface area (Å²) in [5, 5.41) is 5.36. The average molecular weight is 211 g/mol. The lowest BCUT2D eigenvalue weighted by atomic mass is 10.2. The normalized spacial score (nSPS) is 17.6. The Kier molecular flexibility index (Phi) is 2.69. The number of thiophene rings is 1. The minimum Gasteiger partial charge on any atom is -0.319 e. The predicted octanol–water partition coefficient (Wildman–Crippen LogP) is 1.25. The second kappa shape index (κ2) is 3.98. The molecule has 0 bridgehead atoms. The van der Waals surface area contributed by atoms with E-state index in [2.05, 4.69) is 5.38 Å². The summed E-state index contributed by atoms with van der Waals surface area (Å²) in [5.41, 5.74) is 1.18. The van der Waals surface area contributed by atoms with E-state index in [1.54, 1.807) is 16.2 Å². The third kappa shape index (κ3) is 1.88. The predicted molar refractivity (Wildman–Crippen MR) is 55.6 cm³/mol. The minimum atomic E-state index is -0.0672. The number of rotatable bonds is 2. The highest BCUT2D eigenvalue weighted by molar-refractivity contribution is 7.07. The molecule has 0 aliphatic carbocycles. The number of nitrogens with two attached hydrogens (primary N) is 1. The number of carbonyl (C=O) groups is 1. The molecular weight excluding hydrogens is 198 g/mol. The zero-order valence-electron chi connectivity index (χ0n) is 7.85. The molecule has 1 fully saturated rings. The Morgan fingerprint density at radius 3 is 3.07 bits per heavy atom. The van der Waals surface area contributed by atoms with Crippen molar-refractivity contribution < 1.29 is 4.79 Å². The minimum absolute atomic E-state index is 0.0672. The number of nitrogens with zero attached hydrogens (tertiary/aromatic N) is 2. The maximum absolute atomic E-state index is 11.6. The first-order valence-corrected chi connectivity index (χ1v) is 5.54. The number of carbonyl (C=O) groups excluding carboxylic acids is 1. The molecule has 2 N–H and O–H groups in total. The van der Waals surface area contributed by atoms with Crippen molar-refractivity contribution in [2.45, 2.75) is 13.0 Å². The molecule has 14 heavy (non-hydrogen) atoms. The van der Waals surface area contributed by atoms with Gasteiger partial charge in [0.15, 0.2) is 0 Å². The number of hydrogen-bond acceptors (Lipinski definition) is 3. The van der Waals surface area contributed by atoms with Crippen molar-refractivity contribution in [2.24, 2.45) is 5.84 Å². The van der Waals surface area contributed by atoms with Crippen molar-refractivity contribution in [1.82, 2.24) is 9.91 Å². The van der Waals surface area contributed by atoms with Crippen LogP contribution in [0.25, 0.3) is 0 Å². The van der Waals surface area contributed by atoms with E-state index in [9.17, 15) is 4.79 Å². The van der Waals surface area contributed by atoms with Gasteiger partial charge in [0, 0.05) is 19.6 Å². The van der Waals surface area contributed by atoms with Gasteiger partial charge in [0.2, 0.25) is 0 Å². The second-order valence-corrected chi connectivity index (χ2v) is 4.16. The quantitative estimate of drug-likeness (QED) is 0.591. The van der Waals surface area contributed by atoms with E-state index in [4.69, 9.17) is 5.84 Å². The molecule has 2 rings (SSSR count). The molecule has 1 aromatic heterocycles. The molecule has 1 aliphatic heterocycles. The van der Waals surface area contributed by atoms with Crippen LogP contribution in [-0.2, 0) is 6.54 Å². The van der Waals surface area contributed by atoms with Crippen molar-refractivity contribution in [1.29, 1.82) is 0 Å². The third-order valence-corrected chi connectivity index (χ3v) is 3.03. The number of urea groups is 1. The molecule has 0 aromatic carbocycles. The van der Waals surface area contributed by atoms with Crippen LogP contribution < -0.4 is 5.84 Å². The summed E-state index contributed by atoms with van der Waals surface area (Å²) in [6.45, 7) is 2.15. The first-order valence-electron chi connectivity index (χ1n) is 4.59. The largest absolute Gasteiger partial charge is 0.334 e. The number of hydrazine groups is 1. The molecule has 2 heterocycles. The van der Waals surface area contributed by atoms with E-state index in [1.165, 1.54) is 10.6 Å². The van der Waals surface area contributed by atoms with Crippen LogP contribution in [0, 0.1) is 0 Å². The van der Waals surface area contributed by atoms with Crippen LogP contribution in [0.1, 0.15) is 12.0 Å². The van der Waals surface area contributed by atoms with Gasteiger partial charge >= 0.3 is 6.03 Å². The summed E-state index contributed by atoms with van der Waals surface area (Å²) in [7, 11) is 0. The molecule has 76 valence electrons. The summed E-state index contributed by atoms with van der Waals surface area (Å²) < 4.78 is 0. The summed E-state index contributed by atoms with van der Waals surface area (Å²) in [5.74, 6) is 5.54. The van der Waals surface area contributed by atoms with Gasteiger partial charge in [-0.2, -0.15) is 11.3 Å². The fourth-order valence-electron chi connectivity index (χ4n) is 1.55. The first-order chi connectivity index (χ1) is 6.77. The third-order valence-electron chi connectivity index (χ3n) is 2.30. The van der Waals surface area contributed by atoms with Gasteiger partial charge < -0.3 is 4.90 Å². The second-order valence-electron chi connectivity index (χ2n) is 3.38. The van der Waals surface area contributed by atoms with Crippen LogP contribution in [0.2, 0.25) is 0 Å². The van der Waals surface area contributed by atoms with E-state index in [1.807, 2.05) is 11.4 Å². The van der Waals surface area contributed by atoms with Gasteiger partial charge in [0.05, 0.1) is 0 Å². The molecule has 4 nitrogen and oxygen atoms in total. The van der Waals surface area contributed by atoms with Crippen LogP contribution in [0.5, 0.6) is 0 Å². The van der Waals surface area contributed by atoms with Crippen molar-refractivity contribution >= 4 is 17.4 Å². The summed E-state index contributed by atoms with van der Waals surface area (Å²) in [4.78, 5) is 13.4. The molecular formula is C9H13N3OS. The van der Waals surface area contributed by atoms with Crippen molar-refractivity contribution in [3.63, 3.8) is 0 Å². The Hall–Kier alpha value is -1.07. The van der Waals surface area contributed by atoms with Crippen LogP contribution in [0.15, 0.2) is 16.8 Å². The van der Waals surface area contributed by atoms with Gasteiger partial charge in [-0.1, -0.05) is 0 Å². The van der Waals surface area contributed by atoms with Gasteiger partial charge in [-0.25, -0.2) is 10.6 Å². The van der Waals surface area contributed by atoms with Crippen molar-refractivity contribution in [3.05, 3.63) is 22.4 Å². The fourth-order valence-corrected chi connectivity index (χ4v) is 2.21. The number of hydrogen-bond donors (Lipinski definition) is 1. The molecule has 0 radical (unpaired) electrons. The maximum atomic E-state index is 11.6. The zero-order valence-corrected chi connectivity index (χ0v) is 8.67. The van der Waals surface area contributed by atoms with Gasteiger partial charge in [-0.3, -0.25) is 5.01 Å². The molecule has 0 saturated carbocycles. The van der Waals surface area contributed by atoms with Crippen molar-refractivity contribution in [3.8, 4) is 0 Å². The molecule has 5 heteroatoms. The van der Waals surface area contributed by atoms with Gasteiger partial charge in [-0.05, 0) is 28.8 Å². The monoisotopic (exact) mass is 211 g/mol. The highest BCUT2D eigenvalue weighted by atomic mass is 32.1. The Labute approximate surface area is 86.9 Å². The van der Waals surface area contributed by atoms with Crippen LogP contribution >= 0.6 is 11.3 Å². The van der Waals surface area contributed by atoms with E-state index in [-0.39, 0.29) is 6.03 Å². The van der Waals surface area contributed by atoms with Gasteiger partial charge in [0.1, 0.15) is 0 Å². The maximum Gasteiger partial charge on any atom is 0.334 e. The Bertz CT molecular complexity index is 312. The Morgan fingerprint density at radius 1 is 1.50 bits per heavy atom. The molecule has 0 atom stereocenters. The first kappa shape index (κ1) is 9.48. The highest BCUT2D eigenvalue weighted by Gasteiger charge is 2.22. The lowest BCUT2D eigenvalue weighted by Gasteiger charge is -2.32. The van der Waals surface area contributed by atoms with Gasteiger partial charge in [-0.15, -0.1) is 0 Å². The SMILES string of the molecule is NN1CCCN(Cc2ccsc2)C1=O.